The molecule has 0 heterocycles. The highest BCUT2D eigenvalue weighted by Gasteiger charge is 2.46. The Morgan fingerprint density at radius 2 is 2.21 bits per heavy atom. The van der Waals surface area contributed by atoms with Crippen molar-refractivity contribution in [2.24, 2.45) is 5.92 Å². The van der Waals surface area contributed by atoms with Gasteiger partial charge in [0.1, 0.15) is 0 Å². The number of fused-ring (bicyclic) bond motifs is 2. The molecule has 0 saturated heterocycles. The molecule has 2 saturated carbocycles. The summed E-state index contributed by atoms with van der Waals surface area (Å²) in [7, 11) is 0. The van der Waals surface area contributed by atoms with Gasteiger partial charge in [0, 0.05) is 5.54 Å². The Labute approximate surface area is 91.0 Å². The number of aliphatic hydroxyl groups is 1. The highest BCUT2D eigenvalue weighted by molar-refractivity contribution is 7.96. The first-order valence-corrected chi connectivity index (χ1v) is 6.80. The van der Waals surface area contributed by atoms with Crippen molar-refractivity contribution < 1.29 is 5.11 Å². The molecule has 2 nitrogen and oxygen atoms in total. The van der Waals surface area contributed by atoms with Gasteiger partial charge in [-0.2, -0.15) is 0 Å². The molecule has 14 heavy (non-hydrogen) atoms. The zero-order valence-corrected chi connectivity index (χ0v) is 9.99. The van der Waals surface area contributed by atoms with E-state index in [1.54, 1.807) is 11.9 Å². The predicted octanol–water partition coefficient (Wildman–Crippen LogP) is 2.33. The summed E-state index contributed by atoms with van der Waals surface area (Å²) in [5, 5.41) is 10.4. The third kappa shape index (κ3) is 2.10. The van der Waals surface area contributed by atoms with Crippen molar-refractivity contribution in [1.82, 2.24) is 4.72 Å². The molecule has 2 aliphatic carbocycles. The molecule has 0 amide bonds. The Kier molecular flexibility index (Phi) is 2.84. The highest BCUT2D eigenvalue weighted by Crippen LogP contribution is 2.47. The SMILES string of the molecule is CSNC1(C)CC2CCCC(O)(C2)C1. The number of hydrogen-bond acceptors (Lipinski definition) is 3. The molecule has 0 aromatic rings. The fourth-order valence-corrected chi connectivity index (χ4v) is 4.20. The van der Waals surface area contributed by atoms with Gasteiger partial charge in [0.2, 0.25) is 0 Å². The van der Waals surface area contributed by atoms with E-state index in [0.717, 1.165) is 25.2 Å². The van der Waals surface area contributed by atoms with Gasteiger partial charge in [-0.15, -0.1) is 0 Å². The van der Waals surface area contributed by atoms with Crippen molar-refractivity contribution in [3.63, 3.8) is 0 Å². The van der Waals surface area contributed by atoms with Crippen LogP contribution in [0.4, 0.5) is 0 Å². The third-order valence-corrected chi connectivity index (χ3v) is 4.43. The second kappa shape index (κ2) is 3.69. The summed E-state index contributed by atoms with van der Waals surface area (Å²) in [5.41, 5.74) is -0.212. The first kappa shape index (κ1) is 10.8. The molecular formula is C11H21NOS. The maximum Gasteiger partial charge on any atom is 0.0668 e. The van der Waals surface area contributed by atoms with Gasteiger partial charge in [-0.25, -0.2) is 0 Å². The van der Waals surface area contributed by atoms with Crippen molar-refractivity contribution >= 4 is 11.9 Å². The van der Waals surface area contributed by atoms with Gasteiger partial charge in [0.15, 0.2) is 0 Å². The van der Waals surface area contributed by atoms with Crippen molar-refractivity contribution in [3.8, 4) is 0 Å². The Morgan fingerprint density at radius 1 is 1.43 bits per heavy atom. The second-order valence-corrected chi connectivity index (χ2v) is 6.05. The molecule has 0 spiro atoms. The number of hydrogen-bond donors (Lipinski definition) is 2. The highest BCUT2D eigenvalue weighted by atomic mass is 32.2. The molecule has 82 valence electrons. The minimum atomic E-state index is -0.362. The molecule has 2 N–H and O–H groups in total. The normalized spacial score (nSPS) is 47.8. The van der Waals surface area contributed by atoms with Crippen LogP contribution in [0.3, 0.4) is 0 Å². The van der Waals surface area contributed by atoms with E-state index in [2.05, 4.69) is 17.9 Å². The fourth-order valence-electron chi connectivity index (χ4n) is 3.56. The number of nitrogens with one attached hydrogen (secondary N) is 1. The zero-order chi connectivity index (χ0) is 10.2. The summed E-state index contributed by atoms with van der Waals surface area (Å²) in [4.78, 5) is 0. The minimum Gasteiger partial charge on any atom is -0.390 e. The first-order valence-electron chi connectivity index (χ1n) is 5.58. The molecule has 2 bridgehead atoms. The molecule has 0 aliphatic heterocycles. The van der Waals surface area contributed by atoms with Crippen LogP contribution in [0.1, 0.15) is 45.4 Å². The molecule has 3 atom stereocenters. The lowest BCUT2D eigenvalue weighted by molar-refractivity contribution is -0.0734. The van der Waals surface area contributed by atoms with E-state index in [9.17, 15) is 5.11 Å². The van der Waals surface area contributed by atoms with E-state index in [4.69, 9.17) is 0 Å². The zero-order valence-electron chi connectivity index (χ0n) is 9.18. The van der Waals surface area contributed by atoms with E-state index < -0.39 is 0 Å². The standard InChI is InChI=1S/C11H21NOS/c1-10(12-14-2)6-9-4-3-5-11(13,7-9)8-10/h9,12-13H,3-8H2,1-2H3. The Bertz CT molecular complexity index is 223. The van der Waals surface area contributed by atoms with Crippen LogP contribution < -0.4 is 4.72 Å². The maximum atomic E-state index is 10.4. The van der Waals surface area contributed by atoms with Gasteiger partial charge in [-0.1, -0.05) is 24.8 Å². The second-order valence-electron chi connectivity index (χ2n) is 5.43. The summed E-state index contributed by atoms with van der Waals surface area (Å²) in [6, 6.07) is 0. The smallest absolute Gasteiger partial charge is 0.0668 e. The van der Waals surface area contributed by atoms with Crippen LogP contribution in [0, 0.1) is 5.92 Å². The van der Waals surface area contributed by atoms with E-state index in [-0.39, 0.29) is 11.1 Å². The molecular weight excluding hydrogens is 194 g/mol. The van der Waals surface area contributed by atoms with E-state index in [0.29, 0.717) is 0 Å². The maximum absolute atomic E-state index is 10.4. The van der Waals surface area contributed by atoms with Crippen LogP contribution in [0.25, 0.3) is 0 Å². The third-order valence-electron chi connectivity index (χ3n) is 3.73. The van der Waals surface area contributed by atoms with Crippen LogP contribution in [0.5, 0.6) is 0 Å². The molecule has 2 rings (SSSR count). The lowest BCUT2D eigenvalue weighted by atomic mass is 9.63. The van der Waals surface area contributed by atoms with Crippen LogP contribution in [0.15, 0.2) is 0 Å². The summed E-state index contributed by atoms with van der Waals surface area (Å²) < 4.78 is 3.47. The molecule has 3 unspecified atom stereocenters. The number of rotatable bonds is 2. The molecule has 0 radical (unpaired) electrons. The summed E-state index contributed by atoms with van der Waals surface area (Å²) in [6.07, 6.45) is 8.81. The average molecular weight is 215 g/mol. The largest absolute Gasteiger partial charge is 0.390 e. The lowest BCUT2D eigenvalue weighted by Crippen LogP contribution is -2.54. The first-order chi connectivity index (χ1) is 6.55. The van der Waals surface area contributed by atoms with Gasteiger partial charge in [-0.05, 0) is 44.8 Å². The molecule has 0 aromatic heterocycles. The van der Waals surface area contributed by atoms with Crippen molar-refractivity contribution in [2.45, 2.75) is 56.6 Å². The van der Waals surface area contributed by atoms with Crippen LogP contribution >= 0.6 is 11.9 Å². The van der Waals surface area contributed by atoms with Crippen molar-refractivity contribution in [2.75, 3.05) is 6.26 Å². The van der Waals surface area contributed by atoms with E-state index >= 15 is 0 Å². The van der Waals surface area contributed by atoms with Gasteiger partial charge >= 0.3 is 0 Å². The minimum absolute atomic E-state index is 0.150. The van der Waals surface area contributed by atoms with Gasteiger partial charge < -0.3 is 5.11 Å². The van der Waals surface area contributed by atoms with Crippen molar-refractivity contribution in [3.05, 3.63) is 0 Å². The molecule has 3 heteroatoms. The molecule has 0 aromatic carbocycles. The lowest BCUT2D eigenvalue weighted by Gasteiger charge is -2.50. The summed E-state index contributed by atoms with van der Waals surface area (Å²) in [5.74, 6) is 0.743. The summed E-state index contributed by atoms with van der Waals surface area (Å²) >= 11 is 1.68. The molecule has 2 aliphatic rings. The van der Waals surface area contributed by atoms with Gasteiger partial charge in [0.25, 0.3) is 0 Å². The van der Waals surface area contributed by atoms with Crippen LogP contribution in [0.2, 0.25) is 0 Å². The monoisotopic (exact) mass is 215 g/mol. The predicted molar refractivity (Wildman–Crippen MR) is 61.2 cm³/mol. The average Bonchev–Trinajstić information content (AvgIpc) is 2.00. The quantitative estimate of drug-likeness (QED) is 0.693. The van der Waals surface area contributed by atoms with Crippen LogP contribution in [-0.2, 0) is 0 Å². The Hall–Kier alpha value is 0.270. The van der Waals surface area contributed by atoms with Crippen molar-refractivity contribution in [1.29, 1.82) is 0 Å². The van der Waals surface area contributed by atoms with E-state index in [1.165, 1.54) is 19.3 Å². The van der Waals surface area contributed by atoms with Crippen LogP contribution in [-0.4, -0.2) is 22.5 Å². The topological polar surface area (TPSA) is 32.3 Å². The molecule has 2 fully saturated rings. The van der Waals surface area contributed by atoms with E-state index in [1.807, 2.05) is 0 Å². The van der Waals surface area contributed by atoms with Gasteiger partial charge in [0.05, 0.1) is 5.60 Å². The Balaban J connectivity index is 2.10. The fraction of sp³-hybridized carbons (Fsp3) is 1.00. The summed E-state index contributed by atoms with van der Waals surface area (Å²) in [6.45, 7) is 2.26. The Morgan fingerprint density at radius 3 is 2.86 bits per heavy atom. The van der Waals surface area contributed by atoms with Gasteiger partial charge in [-0.3, -0.25) is 4.72 Å².